The van der Waals surface area contributed by atoms with Gasteiger partial charge >= 0.3 is 5.97 Å². The summed E-state index contributed by atoms with van der Waals surface area (Å²) in [6.07, 6.45) is 0. The Hall–Kier alpha value is -2.52. The third-order valence-corrected chi connectivity index (χ3v) is 4.24. The molecular formula is C14H10ClFN2O5S. The topological polar surface area (TPSA) is 98.5 Å². The van der Waals surface area contributed by atoms with Crippen molar-refractivity contribution >= 4 is 40.5 Å². The van der Waals surface area contributed by atoms with E-state index in [1.165, 1.54) is 12.1 Å². The Bertz CT molecular complexity index is 823. The Morgan fingerprint density at radius 3 is 2.67 bits per heavy atom. The number of halogens is 2. The van der Waals surface area contributed by atoms with E-state index >= 15 is 0 Å². The van der Waals surface area contributed by atoms with Gasteiger partial charge in [0.15, 0.2) is 0 Å². The minimum atomic E-state index is -1.03. The van der Waals surface area contributed by atoms with E-state index in [9.17, 15) is 24.1 Å². The van der Waals surface area contributed by atoms with Crippen molar-refractivity contribution < 1.29 is 23.6 Å². The van der Waals surface area contributed by atoms with E-state index in [0.29, 0.717) is 9.21 Å². The highest BCUT2D eigenvalue weighted by atomic mass is 35.5. The highest BCUT2D eigenvalue weighted by Gasteiger charge is 2.23. The molecule has 0 bridgehead atoms. The molecule has 1 aromatic heterocycles. The minimum Gasteiger partial charge on any atom is -0.465 e. The summed E-state index contributed by atoms with van der Waals surface area (Å²) in [5.41, 5.74) is -1.13. The average Bonchev–Trinajstić information content (AvgIpc) is 2.98. The molecule has 2 rings (SSSR count). The molecule has 0 saturated heterocycles. The van der Waals surface area contributed by atoms with Crippen molar-refractivity contribution in [2.24, 2.45) is 0 Å². The van der Waals surface area contributed by atoms with Crippen molar-refractivity contribution in [2.45, 2.75) is 6.54 Å². The Morgan fingerprint density at radius 1 is 1.42 bits per heavy atom. The van der Waals surface area contributed by atoms with Crippen molar-refractivity contribution in [2.75, 3.05) is 7.11 Å². The molecule has 126 valence electrons. The molecule has 24 heavy (non-hydrogen) atoms. The fraction of sp³-hybridized carbons (Fsp3) is 0.143. The van der Waals surface area contributed by atoms with Crippen LogP contribution >= 0.6 is 22.9 Å². The van der Waals surface area contributed by atoms with Crippen LogP contribution in [0, 0.1) is 15.9 Å². The molecule has 0 spiro atoms. The number of amides is 1. The quantitative estimate of drug-likeness (QED) is 0.493. The average molecular weight is 373 g/mol. The molecule has 0 radical (unpaired) electrons. The molecule has 1 N–H and O–H groups in total. The van der Waals surface area contributed by atoms with Gasteiger partial charge in [0, 0.05) is 6.07 Å². The summed E-state index contributed by atoms with van der Waals surface area (Å²) in [6, 6.07) is 4.64. The van der Waals surface area contributed by atoms with Gasteiger partial charge in [-0.1, -0.05) is 11.6 Å². The number of nitrogens with zero attached hydrogens (tertiary/aromatic N) is 1. The first-order valence-corrected chi connectivity index (χ1v) is 7.61. The summed E-state index contributed by atoms with van der Waals surface area (Å²) in [4.78, 5) is 34.0. The summed E-state index contributed by atoms with van der Waals surface area (Å²) in [5.74, 6) is -2.51. The number of methoxy groups -OCH3 is 1. The molecule has 0 aliphatic rings. The van der Waals surface area contributed by atoms with Crippen LogP contribution in [0.3, 0.4) is 0 Å². The molecule has 1 heterocycles. The van der Waals surface area contributed by atoms with Crippen molar-refractivity contribution in [1.29, 1.82) is 0 Å². The van der Waals surface area contributed by atoms with E-state index in [-0.39, 0.29) is 12.1 Å². The Morgan fingerprint density at radius 2 is 2.12 bits per heavy atom. The van der Waals surface area contributed by atoms with Crippen LogP contribution in [0.4, 0.5) is 10.1 Å². The van der Waals surface area contributed by atoms with Crippen molar-refractivity contribution in [3.05, 3.63) is 60.5 Å². The van der Waals surface area contributed by atoms with E-state index in [2.05, 4.69) is 10.1 Å². The zero-order chi connectivity index (χ0) is 17.9. The van der Waals surface area contributed by atoms with Crippen LogP contribution in [0.25, 0.3) is 0 Å². The number of nitro benzene ring substituents is 1. The van der Waals surface area contributed by atoms with Crippen LogP contribution in [0.1, 0.15) is 25.6 Å². The van der Waals surface area contributed by atoms with E-state index < -0.39 is 33.9 Å². The SMILES string of the molecule is COC(=O)c1cc([N+](=O)[O-])c(CNC(=O)c2ccc(Cl)s2)cc1F. The zero-order valence-electron chi connectivity index (χ0n) is 12.2. The molecule has 0 aliphatic heterocycles. The van der Waals surface area contributed by atoms with E-state index in [0.717, 1.165) is 30.6 Å². The maximum Gasteiger partial charge on any atom is 0.341 e. The van der Waals surface area contributed by atoms with Gasteiger partial charge in [-0.15, -0.1) is 11.3 Å². The van der Waals surface area contributed by atoms with Gasteiger partial charge in [0.05, 0.1) is 33.4 Å². The number of carbonyl (C=O) groups is 2. The summed E-state index contributed by atoms with van der Waals surface area (Å²) < 4.78 is 18.7. The number of benzene rings is 1. The van der Waals surface area contributed by atoms with Crippen LogP contribution in [0.5, 0.6) is 0 Å². The Labute approximate surface area is 144 Å². The van der Waals surface area contributed by atoms with Gasteiger partial charge in [-0.3, -0.25) is 14.9 Å². The lowest BCUT2D eigenvalue weighted by atomic mass is 10.1. The third-order valence-electron chi connectivity index (χ3n) is 3.01. The lowest BCUT2D eigenvalue weighted by Gasteiger charge is -2.08. The molecule has 0 unspecified atom stereocenters. The number of rotatable bonds is 5. The highest BCUT2D eigenvalue weighted by molar-refractivity contribution is 7.17. The highest BCUT2D eigenvalue weighted by Crippen LogP contribution is 2.25. The van der Waals surface area contributed by atoms with Gasteiger partial charge in [-0.2, -0.15) is 0 Å². The maximum absolute atomic E-state index is 13.9. The fourth-order valence-corrected chi connectivity index (χ4v) is 2.84. The molecular weight excluding hydrogens is 363 g/mol. The number of esters is 1. The van der Waals surface area contributed by atoms with Crippen LogP contribution < -0.4 is 5.32 Å². The van der Waals surface area contributed by atoms with Gasteiger partial charge in [0.2, 0.25) is 0 Å². The van der Waals surface area contributed by atoms with Gasteiger partial charge < -0.3 is 10.1 Å². The number of carbonyl (C=O) groups excluding carboxylic acids is 2. The van der Waals surface area contributed by atoms with Gasteiger partial charge in [-0.05, 0) is 18.2 Å². The maximum atomic E-state index is 13.9. The second-order valence-electron chi connectivity index (χ2n) is 4.50. The lowest BCUT2D eigenvalue weighted by Crippen LogP contribution is -2.22. The molecule has 2 aromatic rings. The largest absolute Gasteiger partial charge is 0.465 e. The third kappa shape index (κ3) is 3.87. The van der Waals surface area contributed by atoms with Gasteiger partial charge in [0.1, 0.15) is 11.4 Å². The first-order valence-electron chi connectivity index (χ1n) is 6.42. The van der Waals surface area contributed by atoms with E-state index in [1.54, 1.807) is 0 Å². The Kier molecular flexibility index (Phi) is 5.47. The molecule has 0 aliphatic carbocycles. The first kappa shape index (κ1) is 17.8. The zero-order valence-corrected chi connectivity index (χ0v) is 13.7. The molecule has 1 aromatic carbocycles. The van der Waals surface area contributed by atoms with Crippen molar-refractivity contribution in [3.8, 4) is 0 Å². The monoisotopic (exact) mass is 372 g/mol. The minimum absolute atomic E-state index is 0.0823. The molecule has 0 saturated carbocycles. The fourth-order valence-electron chi connectivity index (χ4n) is 1.88. The van der Waals surface area contributed by atoms with Crippen LogP contribution in [-0.2, 0) is 11.3 Å². The smallest absolute Gasteiger partial charge is 0.341 e. The van der Waals surface area contributed by atoms with Gasteiger partial charge in [-0.25, -0.2) is 9.18 Å². The van der Waals surface area contributed by atoms with Crippen LogP contribution in [-0.4, -0.2) is 23.9 Å². The summed E-state index contributed by atoms with van der Waals surface area (Å²) in [5, 5.41) is 13.6. The summed E-state index contributed by atoms with van der Waals surface area (Å²) >= 11 is 6.76. The van der Waals surface area contributed by atoms with Crippen LogP contribution in [0.2, 0.25) is 4.34 Å². The second kappa shape index (κ2) is 7.37. The number of nitrogens with one attached hydrogen (secondary N) is 1. The standard InChI is InChI=1S/C14H10ClFN2O5S/c1-23-14(20)8-5-10(18(21)22)7(4-9(8)16)6-17-13(19)11-2-3-12(15)24-11/h2-5H,6H2,1H3,(H,17,19). The van der Waals surface area contributed by atoms with E-state index in [1.807, 2.05) is 0 Å². The summed E-state index contributed by atoms with van der Waals surface area (Å²) in [7, 11) is 1.04. The van der Waals surface area contributed by atoms with Crippen LogP contribution in [0.15, 0.2) is 24.3 Å². The second-order valence-corrected chi connectivity index (χ2v) is 6.21. The predicted octanol–water partition coefficient (Wildman–Crippen LogP) is 3.17. The van der Waals surface area contributed by atoms with Crippen molar-refractivity contribution in [3.63, 3.8) is 0 Å². The van der Waals surface area contributed by atoms with E-state index in [4.69, 9.17) is 11.6 Å². The molecule has 0 atom stereocenters. The number of thiophene rings is 1. The molecule has 0 fully saturated rings. The van der Waals surface area contributed by atoms with Crippen molar-refractivity contribution in [1.82, 2.24) is 5.32 Å². The molecule has 10 heteroatoms. The Balaban J connectivity index is 2.26. The first-order chi connectivity index (χ1) is 11.3. The molecule has 7 nitrogen and oxygen atoms in total. The number of ether oxygens (including phenoxy) is 1. The summed E-state index contributed by atoms with van der Waals surface area (Å²) in [6.45, 7) is -0.289. The molecule has 1 amide bonds. The number of nitro groups is 1. The lowest BCUT2D eigenvalue weighted by molar-refractivity contribution is -0.385. The number of hydrogen-bond donors (Lipinski definition) is 1. The predicted molar refractivity (Wildman–Crippen MR) is 84.9 cm³/mol. The van der Waals surface area contributed by atoms with Gasteiger partial charge in [0.25, 0.3) is 11.6 Å². The number of hydrogen-bond acceptors (Lipinski definition) is 6. The normalized spacial score (nSPS) is 10.3.